The van der Waals surface area contributed by atoms with E-state index in [0.29, 0.717) is 49.1 Å². The maximum Gasteiger partial charge on any atom is 0.228 e. The van der Waals surface area contributed by atoms with E-state index >= 15 is 0 Å². The summed E-state index contributed by atoms with van der Waals surface area (Å²) in [6, 6.07) is 25.8. The number of hydrogen-bond acceptors (Lipinski definition) is 4. The predicted octanol–water partition coefficient (Wildman–Crippen LogP) is 5.90. The average molecular weight is 460 g/mol. The number of carbonyl (C=O) groups excluding carboxylic acids is 1. The molecule has 0 aliphatic rings. The van der Waals surface area contributed by atoms with Gasteiger partial charge in [-0.05, 0) is 36.1 Å². The summed E-state index contributed by atoms with van der Waals surface area (Å²) < 4.78 is 5.46. The number of aromatic nitrogens is 2. The highest BCUT2D eigenvalue weighted by atomic mass is 35.5. The Kier molecular flexibility index (Phi) is 7.53. The van der Waals surface area contributed by atoms with Gasteiger partial charge in [-0.15, -0.1) is 0 Å². The van der Waals surface area contributed by atoms with Crippen LogP contribution in [0.15, 0.2) is 83.4 Å². The number of amides is 1. The number of aryl methyl sites for hydroxylation is 2. The van der Waals surface area contributed by atoms with Crippen LogP contribution in [0.3, 0.4) is 0 Å². The molecule has 6 heteroatoms. The highest BCUT2D eigenvalue weighted by Gasteiger charge is 2.17. The number of hydrogen-bond donors (Lipinski definition) is 0. The lowest BCUT2D eigenvalue weighted by Gasteiger charge is -2.22. The second-order valence-corrected chi connectivity index (χ2v) is 8.42. The van der Waals surface area contributed by atoms with E-state index in [1.54, 1.807) is 0 Å². The molecule has 0 aliphatic heterocycles. The highest BCUT2D eigenvalue weighted by molar-refractivity contribution is 6.31. The van der Waals surface area contributed by atoms with Crippen molar-refractivity contribution in [3.8, 4) is 11.4 Å². The van der Waals surface area contributed by atoms with Crippen LogP contribution in [0, 0.1) is 6.92 Å². The molecule has 0 unspecified atom stereocenters. The zero-order valence-corrected chi connectivity index (χ0v) is 19.3. The van der Waals surface area contributed by atoms with E-state index in [1.165, 1.54) is 0 Å². The third-order valence-electron chi connectivity index (χ3n) is 5.53. The smallest absolute Gasteiger partial charge is 0.228 e. The van der Waals surface area contributed by atoms with Gasteiger partial charge in [0, 0.05) is 36.5 Å². The highest BCUT2D eigenvalue weighted by Crippen LogP contribution is 2.23. The quantitative estimate of drug-likeness (QED) is 0.312. The molecule has 5 nitrogen and oxygen atoms in total. The summed E-state index contributed by atoms with van der Waals surface area (Å²) in [5, 5.41) is 4.76. The van der Waals surface area contributed by atoms with Crippen LogP contribution in [-0.4, -0.2) is 27.5 Å². The third-order valence-corrected chi connectivity index (χ3v) is 5.94. The molecule has 0 atom stereocenters. The first kappa shape index (κ1) is 22.7. The SMILES string of the molecule is Cc1ccc(-c2noc(CCN(Cc3ccccc3)C(=O)CCc3ccccc3)n2)cc1Cl. The van der Waals surface area contributed by atoms with Gasteiger partial charge >= 0.3 is 0 Å². The Morgan fingerprint density at radius 1 is 0.939 bits per heavy atom. The average Bonchev–Trinajstić information content (AvgIpc) is 3.32. The topological polar surface area (TPSA) is 59.2 Å². The minimum Gasteiger partial charge on any atom is -0.339 e. The molecule has 0 radical (unpaired) electrons. The second-order valence-electron chi connectivity index (χ2n) is 8.01. The standard InChI is InChI=1S/C27H26ClN3O2/c1-20-12-14-23(18-24(20)28)27-29-25(33-30-27)16-17-31(19-22-10-6-3-7-11-22)26(32)15-13-21-8-4-2-5-9-21/h2-12,14,18H,13,15-17,19H2,1H3. The second kappa shape index (κ2) is 10.9. The van der Waals surface area contributed by atoms with Crippen molar-refractivity contribution in [2.75, 3.05) is 6.54 Å². The van der Waals surface area contributed by atoms with Gasteiger partial charge in [0.15, 0.2) is 0 Å². The number of nitrogens with zero attached hydrogens (tertiary/aromatic N) is 3. The van der Waals surface area contributed by atoms with Crippen molar-refractivity contribution in [1.82, 2.24) is 15.0 Å². The lowest BCUT2D eigenvalue weighted by Crippen LogP contribution is -2.32. The first-order valence-corrected chi connectivity index (χ1v) is 11.4. The Morgan fingerprint density at radius 3 is 2.33 bits per heavy atom. The normalized spacial score (nSPS) is 10.8. The molecule has 0 fully saturated rings. The summed E-state index contributed by atoms with van der Waals surface area (Å²) in [4.78, 5) is 19.5. The van der Waals surface area contributed by atoms with Crippen LogP contribution >= 0.6 is 11.6 Å². The fourth-order valence-electron chi connectivity index (χ4n) is 3.59. The Bertz CT molecular complexity index is 1190. The van der Waals surface area contributed by atoms with Crippen LogP contribution in [0.2, 0.25) is 5.02 Å². The van der Waals surface area contributed by atoms with Crippen molar-refractivity contribution in [2.24, 2.45) is 0 Å². The van der Waals surface area contributed by atoms with Crippen molar-refractivity contribution in [2.45, 2.75) is 32.7 Å². The van der Waals surface area contributed by atoms with E-state index < -0.39 is 0 Å². The summed E-state index contributed by atoms with van der Waals surface area (Å²) in [5.41, 5.74) is 4.05. The molecular weight excluding hydrogens is 434 g/mol. The maximum absolute atomic E-state index is 13.1. The molecule has 33 heavy (non-hydrogen) atoms. The molecular formula is C27H26ClN3O2. The van der Waals surface area contributed by atoms with Crippen molar-refractivity contribution in [1.29, 1.82) is 0 Å². The van der Waals surface area contributed by atoms with E-state index in [0.717, 1.165) is 22.3 Å². The van der Waals surface area contributed by atoms with Gasteiger partial charge in [0.2, 0.25) is 17.6 Å². The number of benzene rings is 3. The molecule has 1 amide bonds. The molecule has 0 saturated carbocycles. The molecule has 0 spiro atoms. The Hall–Kier alpha value is -3.44. The van der Waals surface area contributed by atoms with E-state index in [4.69, 9.17) is 16.1 Å². The van der Waals surface area contributed by atoms with E-state index in [-0.39, 0.29) is 5.91 Å². The molecule has 1 heterocycles. The fourth-order valence-corrected chi connectivity index (χ4v) is 3.77. The molecule has 0 bridgehead atoms. The zero-order chi connectivity index (χ0) is 23.0. The molecule has 3 aromatic carbocycles. The van der Waals surface area contributed by atoms with E-state index in [1.807, 2.05) is 90.7 Å². The molecule has 0 saturated heterocycles. The van der Waals surface area contributed by atoms with Crippen LogP contribution in [0.1, 0.15) is 29.0 Å². The summed E-state index contributed by atoms with van der Waals surface area (Å²) in [6.45, 7) is 2.99. The lowest BCUT2D eigenvalue weighted by molar-refractivity contribution is -0.131. The minimum absolute atomic E-state index is 0.104. The zero-order valence-electron chi connectivity index (χ0n) is 18.6. The van der Waals surface area contributed by atoms with Crippen molar-refractivity contribution in [3.63, 3.8) is 0 Å². The molecule has 4 aromatic rings. The van der Waals surface area contributed by atoms with E-state index in [2.05, 4.69) is 10.1 Å². The summed E-state index contributed by atoms with van der Waals surface area (Å²) >= 11 is 6.23. The third kappa shape index (κ3) is 6.30. The molecule has 0 aliphatic carbocycles. The summed E-state index contributed by atoms with van der Waals surface area (Å²) in [7, 11) is 0. The van der Waals surface area contributed by atoms with Gasteiger partial charge in [-0.2, -0.15) is 4.98 Å². The van der Waals surface area contributed by atoms with Gasteiger partial charge in [0.1, 0.15) is 0 Å². The first-order chi connectivity index (χ1) is 16.1. The van der Waals surface area contributed by atoms with Gasteiger partial charge in [0.25, 0.3) is 0 Å². The molecule has 1 aromatic heterocycles. The predicted molar refractivity (Wildman–Crippen MR) is 130 cm³/mol. The summed E-state index contributed by atoms with van der Waals surface area (Å²) in [5.74, 6) is 1.10. The van der Waals surface area contributed by atoms with Crippen molar-refractivity contribution >= 4 is 17.5 Å². The van der Waals surface area contributed by atoms with Crippen molar-refractivity contribution in [3.05, 3.63) is 106 Å². The van der Waals surface area contributed by atoms with Crippen molar-refractivity contribution < 1.29 is 9.32 Å². The molecule has 0 N–H and O–H groups in total. The van der Waals surface area contributed by atoms with Gasteiger partial charge in [-0.3, -0.25) is 4.79 Å². The Labute approximate surface area is 199 Å². The lowest BCUT2D eigenvalue weighted by atomic mass is 10.1. The van der Waals surface area contributed by atoms with Crippen LogP contribution in [0.4, 0.5) is 0 Å². The molecule has 4 rings (SSSR count). The number of rotatable bonds is 9. The van der Waals surface area contributed by atoms with Gasteiger partial charge < -0.3 is 9.42 Å². The number of carbonyl (C=O) groups is 1. The monoisotopic (exact) mass is 459 g/mol. The first-order valence-electron chi connectivity index (χ1n) is 11.0. The molecule has 168 valence electrons. The summed E-state index contributed by atoms with van der Waals surface area (Å²) in [6.07, 6.45) is 1.65. The van der Waals surface area contributed by atoms with E-state index in [9.17, 15) is 4.79 Å². The fraction of sp³-hybridized carbons (Fsp3) is 0.222. The van der Waals surface area contributed by atoms with Gasteiger partial charge in [0.05, 0.1) is 0 Å². The Balaban J connectivity index is 1.43. The van der Waals surface area contributed by atoms with Crippen LogP contribution in [0.5, 0.6) is 0 Å². The number of halogens is 1. The largest absolute Gasteiger partial charge is 0.339 e. The minimum atomic E-state index is 0.104. The maximum atomic E-state index is 13.1. The van der Waals surface area contributed by atoms with Crippen LogP contribution in [0.25, 0.3) is 11.4 Å². The van der Waals surface area contributed by atoms with Gasteiger partial charge in [-0.25, -0.2) is 0 Å². The van der Waals surface area contributed by atoms with Crippen LogP contribution in [-0.2, 0) is 24.2 Å². The van der Waals surface area contributed by atoms with Gasteiger partial charge in [-0.1, -0.05) is 89.6 Å². The van der Waals surface area contributed by atoms with Crippen LogP contribution < -0.4 is 0 Å². The Morgan fingerprint density at radius 2 is 1.64 bits per heavy atom.